The molecule has 2 nitrogen and oxygen atoms in total. The van der Waals surface area contributed by atoms with Crippen LogP contribution in [0.2, 0.25) is 0 Å². The molecule has 0 aromatic carbocycles. The van der Waals surface area contributed by atoms with E-state index >= 15 is 0 Å². The Morgan fingerprint density at radius 2 is 1.00 bits per heavy atom. The van der Waals surface area contributed by atoms with Gasteiger partial charge in [0.25, 0.3) is 0 Å². The summed E-state index contributed by atoms with van der Waals surface area (Å²) in [7, 11) is 0. The fraction of sp³-hybridized carbons (Fsp3) is 0. The van der Waals surface area contributed by atoms with Crippen molar-refractivity contribution < 1.29 is 13.8 Å². The van der Waals surface area contributed by atoms with Gasteiger partial charge in [-0.1, -0.05) is 0 Å². The Hall–Kier alpha value is 2.22. The van der Waals surface area contributed by atoms with Gasteiger partial charge >= 0.3 is 48.9 Å². The van der Waals surface area contributed by atoms with Gasteiger partial charge in [0.2, 0.25) is 0 Å². The van der Waals surface area contributed by atoms with E-state index in [0.717, 1.165) is 0 Å². The molecule has 0 aromatic rings. The molecule has 0 saturated heterocycles. The van der Waals surface area contributed by atoms with Gasteiger partial charge in [-0.05, 0) is 0 Å². The molecular weight excluding hydrogens is 296 g/mol. The van der Waals surface area contributed by atoms with Crippen molar-refractivity contribution in [1.82, 2.24) is 0 Å². The maximum atomic E-state index is 0. The summed E-state index contributed by atoms with van der Waals surface area (Å²) < 4.78 is 0. The van der Waals surface area contributed by atoms with Crippen molar-refractivity contribution >= 4 is 72.9 Å². The zero-order chi connectivity index (χ0) is 0. The Morgan fingerprint density at radius 3 is 1.00 bits per heavy atom. The van der Waals surface area contributed by atoms with Crippen LogP contribution >= 0.6 is 24.0 Å². The van der Waals surface area contributed by atoms with Crippen molar-refractivity contribution in [2.24, 2.45) is 0 Å². The summed E-state index contributed by atoms with van der Waals surface area (Å²) in [5.41, 5.74) is 0. The summed E-state index contributed by atoms with van der Waals surface area (Å²) in [6.07, 6.45) is 0. The maximum Gasteiger partial charge on any atom is 2.00 e. The summed E-state index contributed by atoms with van der Waals surface area (Å²) in [6.45, 7) is 0. The minimum absolute atomic E-state index is 0. The first-order valence-electron chi connectivity index (χ1n) is 0. The molecule has 0 unspecified atom stereocenters. The molecule has 4 N–H and O–H groups in total. The fourth-order valence-corrected chi connectivity index (χ4v) is 0. The first kappa shape index (κ1) is 34.4. The average Bonchev–Trinajstić information content (AvgIpc) is 0. The summed E-state index contributed by atoms with van der Waals surface area (Å²) in [5.74, 6) is 0. The van der Waals surface area contributed by atoms with E-state index in [1.54, 1.807) is 0 Å². The monoisotopic (exact) mass is 304 g/mol. The normalized spacial score (nSPS) is 0. The van der Waals surface area contributed by atoms with Gasteiger partial charge in [-0.15, -0.1) is 24.0 Å². The van der Waals surface area contributed by atoms with Gasteiger partial charge in [-0.25, -0.2) is 0 Å². The quantitative estimate of drug-likeness (QED) is 0.399. The molecule has 0 fully saturated rings. The predicted octanol–water partition coefficient (Wildman–Crippen LogP) is -1.19. The van der Waals surface area contributed by atoms with Crippen molar-refractivity contribution in [3.63, 3.8) is 0 Å². The first-order valence-corrected chi connectivity index (χ1v) is 0. The smallest absolute Gasteiger partial charge is 1.00 e. The van der Waals surface area contributed by atoms with Crippen LogP contribution in [0.15, 0.2) is 0 Å². The van der Waals surface area contributed by atoms with Crippen LogP contribution in [0.25, 0.3) is 0 Å². The SMILES string of the molecule is I.O.O.[Ba+2].[H-].[H-]. The minimum atomic E-state index is 0. The Balaban J connectivity index is 0. The Bertz CT molecular complexity index is 11.5. The van der Waals surface area contributed by atoms with Crippen molar-refractivity contribution in [2.45, 2.75) is 0 Å². The number of halogens is 1. The summed E-state index contributed by atoms with van der Waals surface area (Å²) in [5, 5.41) is 0. The maximum absolute atomic E-state index is 0. The third kappa shape index (κ3) is 8.88. The van der Waals surface area contributed by atoms with Crippen molar-refractivity contribution in [3.05, 3.63) is 0 Å². The molecule has 0 aliphatic carbocycles. The molecule has 28 valence electrons. The molecule has 0 atom stereocenters. The Labute approximate surface area is 85.0 Å². The van der Waals surface area contributed by atoms with E-state index < -0.39 is 0 Å². The summed E-state index contributed by atoms with van der Waals surface area (Å²) in [4.78, 5) is 0. The number of hydrogen-bond donors (Lipinski definition) is 0. The van der Waals surface area contributed by atoms with E-state index in [-0.39, 0.29) is 86.7 Å². The van der Waals surface area contributed by atoms with E-state index in [2.05, 4.69) is 0 Å². The van der Waals surface area contributed by atoms with Gasteiger partial charge in [0.1, 0.15) is 0 Å². The van der Waals surface area contributed by atoms with E-state index in [9.17, 15) is 0 Å². The van der Waals surface area contributed by atoms with Crippen LogP contribution in [0.1, 0.15) is 2.85 Å². The Kier molecular flexibility index (Phi) is 162. The van der Waals surface area contributed by atoms with Crippen molar-refractivity contribution in [1.29, 1.82) is 0 Å². The third-order valence-corrected chi connectivity index (χ3v) is 0. The van der Waals surface area contributed by atoms with Gasteiger partial charge in [0, 0.05) is 0 Å². The largest absolute Gasteiger partial charge is 2.00 e. The molecule has 0 aliphatic heterocycles. The molecule has 0 saturated carbocycles. The van der Waals surface area contributed by atoms with Crippen molar-refractivity contribution in [3.8, 4) is 0 Å². The summed E-state index contributed by atoms with van der Waals surface area (Å²) >= 11 is 0. The van der Waals surface area contributed by atoms with Gasteiger partial charge < -0.3 is 13.8 Å². The van der Waals surface area contributed by atoms with E-state index in [1.807, 2.05) is 0 Å². The molecule has 0 spiro atoms. The second-order valence-electron chi connectivity index (χ2n) is 0. The van der Waals surface area contributed by atoms with Crippen LogP contribution in [0.5, 0.6) is 0 Å². The first-order chi connectivity index (χ1) is 0. The van der Waals surface area contributed by atoms with E-state index in [0.29, 0.717) is 0 Å². The molecule has 4 heavy (non-hydrogen) atoms. The van der Waals surface area contributed by atoms with Crippen LogP contribution in [-0.2, 0) is 0 Å². The zero-order valence-corrected chi connectivity index (χ0v) is 8.89. The van der Waals surface area contributed by atoms with Gasteiger partial charge in [-0.2, -0.15) is 0 Å². The molecule has 0 rings (SSSR count). The third-order valence-electron chi connectivity index (χ3n) is 0. The van der Waals surface area contributed by atoms with Crippen LogP contribution in [0, 0.1) is 0 Å². The second kappa shape index (κ2) is 18.9. The average molecular weight is 303 g/mol. The predicted molar refractivity (Wildman–Crippen MR) is 30.6 cm³/mol. The molecule has 4 heteroatoms. The molecule has 0 aliphatic rings. The van der Waals surface area contributed by atoms with Crippen LogP contribution < -0.4 is 0 Å². The minimum Gasteiger partial charge on any atom is -1.00 e. The zero-order valence-electron chi connectivity index (χ0n) is 4.12. The molecule has 0 radical (unpaired) electrons. The molecule has 0 heterocycles. The van der Waals surface area contributed by atoms with Crippen LogP contribution in [0.3, 0.4) is 0 Å². The fourth-order valence-electron chi connectivity index (χ4n) is 0. The van der Waals surface area contributed by atoms with Crippen molar-refractivity contribution in [2.75, 3.05) is 0 Å². The molecule has 0 aromatic heterocycles. The van der Waals surface area contributed by atoms with Gasteiger partial charge in [0.15, 0.2) is 0 Å². The van der Waals surface area contributed by atoms with E-state index in [4.69, 9.17) is 0 Å². The van der Waals surface area contributed by atoms with E-state index in [1.165, 1.54) is 0 Å². The second-order valence-corrected chi connectivity index (χ2v) is 0. The number of rotatable bonds is 0. The molecule has 0 bridgehead atoms. The van der Waals surface area contributed by atoms with Crippen LogP contribution in [-0.4, -0.2) is 59.8 Å². The van der Waals surface area contributed by atoms with Crippen LogP contribution in [0.4, 0.5) is 0 Å². The topological polar surface area (TPSA) is 63.0 Å². The van der Waals surface area contributed by atoms with Gasteiger partial charge in [-0.3, -0.25) is 0 Å². The molecule has 0 amide bonds. The molecular formula is H7BaIO2. The Morgan fingerprint density at radius 1 is 1.00 bits per heavy atom. The van der Waals surface area contributed by atoms with Gasteiger partial charge in [0.05, 0.1) is 0 Å². The summed E-state index contributed by atoms with van der Waals surface area (Å²) in [6, 6.07) is 0. The standard InChI is InChI=1S/Ba.HI.2H2O.2H/h;1H;2*1H2;;/q+2;;;;2*-1. The number of hydrogen-bond acceptors (Lipinski definition) is 0.